The normalized spacial score (nSPS) is 33.5. The summed E-state index contributed by atoms with van der Waals surface area (Å²) in [4.78, 5) is 11.5. The molecule has 1 aliphatic carbocycles. The molecule has 1 aliphatic rings. The van der Waals surface area contributed by atoms with Crippen LogP contribution in [0.2, 0.25) is 0 Å². The maximum atomic E-state index is 11.5. The number of nitrogens with two attached hydrogens (primary N) is 1. The molecule has 3 nitrogen and oxygen atoms in total. The van der Waals surface area contributed by atoms with Gasteiger partial charge in [0.15, 0.2) is 0 Å². The quantitative estimate of drug-likeness (QED) is 0.573. The molecular formula is C11H21NO2S. The molecule has 1 rings (SSSR count). The van der Waals surface area contributed by atoms with Crippen molar-refractivity contribution in [2.45, 2.75) is 45.3 Å². The van der Waals surface area contributed by atoms with Gasteiger partial charge in [-0.1, -0.05) is 13.8 Å². The Labute approximate surface area is 97.2 Å². The van der Waals surface area contributed by atoms with Crippen molar-refractivity contribution in [2.75, 3.05) is 5.75 Å². The standard InChI is InChI=1S/C11H21NO2S/c1-7-3-8(2)5-9(4-7)14-11(13)10(12)6-15/h7-10,15H,3-6,12H2,1-2H3/t7?,8?,9?,10-/m0/s1. The molecule has 1 saturated carbocycles. The van der Waals surface area contributed by atoms with Crippen LogP contribution in [0.4, 0.5) is 0 Å². The van der Waals surface area contributed by atoms with E-state index in [2.05, 4.69) is 26.5 Å². The van der Waals surface area contributed by atoms with Crippen molar-refractivity contribution >= 4 is 18.6 Å². The number of hydrogen-bond donors (Lipinski definition) is 2. The Kier molecular flexibility index (Phi) is 4.93. The molecule has 0 aromatic heterocycles. The smallest absolute Gasteiger partial charge is 0.324 e. The Hall–Kier alpha value is -0.220. The summed E-state index contributed by atoms with van der Waals surface area (Å²) in [6, 6.07) is -0.583. The molecule has 2 unspecified atom stereocenters. The van der Waals surface area contributed by atoms with E-state index >= 15 is 0 Å². The SMILES string of the molecule is CC1CC(C)CC(OC(=O)[C@@H](N)CS)C1. The first-order valence-corrected chi connectivity index (χ1v) is 6.23. The molecule has 4 heteroatoms. The van der Waals surface area contributed by atoms with E-state index in [1.165, 1.54) is 6.42 Å². The van der Waals surface area contributed by atoms with Crippen LogP contribution >= 0.6 is 12.6 Å². The van der Waals surface area contributed by atoms with E-state index in [0.717, 1.165) is 12.8 Å². The van der Waals surface area contributed by atoms with Crippen LogP contribution in [0.5, 0.6) is 0 Å². The summed E-state index contributed by atoms with van der Waals surface area (Å²) in [5.41, 5.74) is 5.55. The minimum atomic E-state index is -0.583. The van der Waals surface area contributed by atoms with Gasteiger partial charge in [-0.05, 0) is 31.1 Å². The molecule has 0 spiro atoms. The fraction of sp³-hybridized carbons (Fsp3) is 0.909. The van der Waals surface area contributed by atoms with Crippen LogP contribution in [-0.4, -0.2) is 23.9 Å². The van der Waals surface area contributed by atoms with Crippen LogP contribution in [0.1, 0.15) is 33.1 Å². The summed E-state index contributed by atoms with van der Waals surface area (Å²) in [6.07, 6.45) is 3.22. The molecule has 0 aliphatic heterocycles. The summed E-state index contributed by atoms with van der Waals surface area (Å²) in [5.74, 6) is 1.31. The lowest BCUT2D eigenvalue weighted by Gasteiger charge is -2.31. The van der Waals surface area contributed by atoms with Gasteiger partial charge in [0.2, 0.25) is 0 Å². The fourth-order valence-electron chi connectivity index (χ4n) is 2.30. The topological polar surface area (TPSA) is 52.3 Å². The Morgan fingerprint density at radius 1 is 1.40 bits per heavy atom. The minimum absolute atomic E-state index is 0.0576. The van der Waals surface area contributed by atoms with Gasteiger partial charge in [0, 0.05) is 5.75 Å². The first-order chi connectivity index (χ1) is 7.02. The molecule has 88 valence electrons. The number of esters is 1. The minimum Gasteiger partial charge on any atom is -0.461 e. The number of carbonyl (C=O) groups excluding carboxylic acids is 1. The van der Waals surface area contributed by atoms with E-state index in [0.29, 0.717) is 17.6 Å². The highest BCUT2D eigenvalue weighted by molar-refractivity contribution is 7.80. The molecule has 0 aromatic rings. The maximum absolute atomic E-state index is 11.5. The zero-order chi connectivity index (χ0) is 11.4. The van der Waals surface area contributed by atoms with Gasteiger partial charge < -0.3 is 10.5 Å². The lowest BCUT2D eigenvalue weighted by molar-refractivity contribution is -0.153. The highest BCUT2D eigenvalue weighted by atomic mass is 32.1. The van der Waals surface area contributed by atoms with E-state index in [1.807, 2.05) is 0 Å². The van der Waals surface area contributed by atoms with Crippen molar-refractivity contribution in [3.63, 3.8) is 0 Å². The Bertz CT molecular complexity index is 213. The third kappa shape index (κ3) is 4.03. The van der Waals surface area contributed by atoms with E-state index in [4.69, 9.17) is 10.5 Å². The zero-order valence-electron chi connectivity index (χ0n) is 9.48. The van der Waals surface area contributed by atoms with Crippen LogP contribution in [0.3, 0.4) is 0 Å². The molecule has 3 atom stereocenters. The third-order valence-corrected chi connectivity index (χ3v) is 3.31. The van der Waals surface area contributed by atoms with Crippen molar-refractivity contribution in [2.24, 2.45) is 17.6 Å². The summed E-state index contributed by atoms with van der Waals surface area (Å²) in [5, 5.41) is 0. The van der Waals surface area contributed by atoms with E-state index in [9.17, 15) is 4.79 Å². The summed E-state index contributed by atoms with van der Waals surface area (Å²) >= 11 is 3.98. The highest BCUT2D eigenvalue weighted by Gasteiger charge is 2.27. The molecule has 2 N–H and O–H groups in total. The molecule has 0 saturated heterocycles. The molecule has 0 radical (unpaired) electrons. The average Bonchev–Trinajstić information content (AvgIpc) is 2.14. The second-order valence-corrected chi connectivity index (χ2v) is 5.13. The Morgan fingerprint density at radius 3 is 2.40 bits per heavy atom. The van der Waals surface area contributed by atoms with Crippen molar-refractivity contribution in [1.82, 2.24) is 0 Å². The van der Waals surface area contributed by atoms with E-state index < -0.39 is 6.04 Å². The predicted molar refractivity (Wildman–Crippen MR) is 63.9 cm³/mol. The third-order valence-electron chi connectivity index (χ3n) is 2.92. The molecule has 15 heavy (non-hydrogen) atoms. The van der Waals surface area contributed by atoms with Crippen LogP contribution in [0.25, 0.3) is 0 Å². The Morgan fingerprint density at radius 2 is 1.93 bits per heavy atom. The summed E-state index contributed by atoms with van der Waals surface area (Å²) in [7, 11) is 0. The molecule has 0 aromatic carbocycles. The van der Waals surface area contributed by atoms with Gasteiger partial charge in [0.05, 0.1) is 0 Å². The molecule has 0 amide bonds. The van der Waals surface area contributed by atoms with Gasteiger partial charge in [0.1, 0.15) is 12.1 Å². The number of ether oxygens (including phenoxy) is 1. The lowest BCUT2D eigenvalue weighted by Crippen LogP contribution is -2.38. The van der Waals surface area contributed by atoms with Crippen LogP contribution in [0.15, 0.2) is 0 Å². The predicted octanol–water partition coefficient (Wildman–Crippen LogP) is 1.61. The van der Waals surface area contributed by atoms with Gasteiger partial charge in [0.25, 0.3) is 0 Å². The lowest BCUT2D eigenvalue weighted by atomic mass is 9.82. The van der Waals surface area contributed by atoms with Crippen molar-refractivity contribution in [1.29, 1.82) is 0 Å². The van der Waals surface area contributed by atoms with Gasteiger partial charge >= 0.3 is 5.97 Å². The van der Waals surface area contributed by atoms with Gasteiger partial charge in [-0.25, -0.2) is 0 Å². The number of rotatable bonds is 3. The van der Waals surface area contributed by atoms with E-state index in [-0.39, 0.29) is 12.1 Å². The van der Waals surface area contributed by atoms with Crippen molar-refractivity contribution in [3.05, 3.63) is 0 Å². The van der Waals surface area contributed by atoms with Crippen LogP contribution in [0, 0.1) is 11.8 Å². The average molecular weight is 231 g/mol. The highest BCUT2D eigenvalue weighted by Crippen LogP contribution is 2.30. The van der Waals surface area contributed by atoms with Crippen LogP contribution in [-0.2, 0) is 9.53 Å². The molecule has 1 fully saturated rings. The molecule has 0 heterocycles. The second-order valence-electron chi connectivity index (χ2n) is 4.77. The number of carbonyl (C=O) groups is 1. The first-order valence-electron chi connectivity index (χ1n) is 5.59. The number of hydrogen-bond acceptors (Lipinski definition) is 4. The largest absolute Gasteiger partial charge is 0.461 e. The Balaban J connectivity index is 2.40. The van der Waals surface area contributed by atoms with E-state index in [1.54, 1.807) is 0 Å². The zero-order valence-corrected chi connectivity index (χ0v) is 10.4. The fourth-order valence-corrected chi connectivity index (χ4v) is 2.44. The summed E-state index contributed by atoms with van der Waals surface area (Å²) < 4.78 is 5.37. The van der Waals surface area contributed by atoms with Crippen molar-refractivity contribution < 1.29 is 9.53 Å². The molecule has 0 bridgehead atoms. The summed E-state index contributed by atoms with van der Waals surface area (Å²) in [6.45, 7) is 4.41. The first kappa shape index (κ1) is 12.8. The van der Waals surface area contributed by atoms with Gasteiger partial charge in [-0.15, -0.1) is 0 Å². The van der Waals surface area contributed by atoms with Gasteiger partial charge in [-0.2, -0.15) is 12.6 Å². The van der Waals surface area contributed by atoms with Crippen LogP contribution < -0.4 is 5.73 Å². The monoisotopic (exact) mass is 231 g/mol. The number of thiol groups is 1. The molecular weight excluding hydrogens is 210 g/mol. The van der Waals surface area contributed by atoms with Gasteiger partial charge in [-0.3, -0.25) is 4.79 Å². The maximum Gasteiger partial charge on any atom is 0.324 e. The second kappa shape index (κ2) is 5.75. The van der Waals surface area contributed by atoms with Crippen molar-refractivity contribution in [3.8, 4) is 0 Å².